The molecule has 0 spiro atoms. The van der Waals surface area contributed by atoms with Gasteiger partial charge in [0.15, 0.2) is 0 Å². The van der Waals surface area contributed by atoms with Crippen molar-refractivity contribution < 1.29 is 4.74 Å². The van der Waals surface area contributed by atoms with Crippen LogP contribution in [0.15, 0.2) is 12.3 Å². The SMILES string of the molecule is C[C@@H](C1CC1)[C@@H]1CCC=CO1. The Hall–Kier alpha value is -0.460. The minimum Gasteiger partial charge on any atom is -0.498 e. The number of allylic oxidation sites excluding steroid dienone is 1. The smallest absolute Gasteiger partial charge is 0.101 e. The normalized spacial score (nSPS) is 33.0. The Morgan fingerprint density at radius 1 is 1.36 bits per heavy atom. The predicted octanol–water partition coefficient (Wildman–Crippen LogP) is 2.73. The van der Waals surface area contributed by atoms with Gasteiger partial charge in [-0.1, -0.05) is 6.92 Å². The summed E-state index contributed by atoms with van der Waals surface area (Å²) in [6, 6.07) is 0. The van der Waals surface area contributed by atoms with Gasteiger partial charge in [0, 0.05) is 0 Å². The fourth-order valence-electron chi connectivity index (χ4n) is 1.87. The summed E-state index contributed by atoms with van der Waals surface area (Å²) in [4.78, 5) is 0. The van der Waals surface area contributed by atoms with E-state index in [1.807, 2.05) is 6.26 Å². The molecule has 2 aliphatic rings. The van der Waals surface area contributed by atoms with Gasteiger partial charge in [0.05, 0.1) is 6.26 Å². The maximum atomic E-state index is 5.56. The third-order valence-corrected chi connectivity index (χ3v) is 2.92. The van der Waals surface area contributed by atoms with Gasteiger partial charge in [0.25, 0.3) is 0 Å². The van der Waals surface area contributed by atoms with Gasteiger partial charge < -0.3 is 4.74 Å². The maximum Gasteiger partial charge on any atom is 0.101 e. The van der Waals surface area contributed by atoms with Gasteiger partial charge in [-0.15, -0.1) is 0 Å². The van der Waals surface area contributed by atoms with E-state index in [0.29, 0.717) is 6.10 Å². The molecule has 1 saturated carbocycles. The average molecular weight is 152 g/mol. The van der Waals surface area contributed by atoms with E-state index in [1.165, 1.54) is 25.7 Å². The maximum absolute atomic E-state index is 5.56. The van der Waals surface area contributed by atoms with Crippen molar-refractivity contribution in [2.75, 3.05) is 0 Å². The fraction of sp³-hybridized carbons (Fsp3) is 0.800. The van der Waals surface area contributed by atoms with Crippen LogP contribution in [0.4, 0.5) is 0 Å². The third kappa shape index (κ3) is 1.58. The molecule has 0 aromatic heterocycles. The highest BCUT2D eigenvalue weighted by Crippen LogP contribution is 2.40. The van der Waals surface area contributed by atoms with Crippen molar-refractivity contribution in [1.82, 2.24) is 0 Å². The van der Waals surface area contributed by atoms with Crippen LogP contribution >= 0.6 is 0 Å². The molecule has 0 saturated heterocycles. The monoisotopic (exact) mass is 152 g/mol. The lowest BCUT2D eigenvalue weighted by Gasteiger charge is -2.25. The molecule has 2 rings (SSSR count). The Labute approximate surface area is 68.4 Å². The highest BCUT2D eigenvalue weighted by Gasteiger charge is 2.34. The average Bonchev–Trinajstić information content (AvgIpc) is 2.87. The van der Waals surface area contributed by atoms with E-state index >= 15 is 0 Å². The van der Waals surface area contributed by atoms with Crippen molar-refractivity contribution in [3.05, 3.63) is 12.3 Å². The van der Waals surface area contributed by atoms with Crippen LogP contribution < -0.4 is 0 Å². The van der Waals surface area contributed by atoms with Crippen molar-refractivity contribution in [2.45, 2.75) is 38.7 Å². The third-order valence-electron chi connectivity index (χ3n) is 2.92. The molecule has 0 N–H and O–H groups in total. The Morgan fingerprint density at radius 2 is 2.18 bits per heavy atom. The second-order valence-corrected chi connectivity index (χ2v) is 3.82. The standard InChI is InChI=1S/C10H16O/c1-8(9-5-6-9)10-4-2-3-7-11-10/h3,7-10H,2,4-6H2,1H3/t8-,10-/m0/s1. The molecule has 62 valence electrons. The molecule has 0 unspecified atom stereocenters. The van der Waals surface area contributed by atoms with E-state index < -0.39 is 0 Å². The Morgan fingerprint density at radius 3 is 2.73 bits per heavy atom. The molecule has 0 aromatic carbocycles. The summed E-state index contributed by atoms with van der Waals surface area (Å²) < 4.78 is 5.56. The summed E-state index contributed by atoms with van der Waals surface area (Å²) in [5, 5.41) is 0. The molecule has 1 fully saturated rings. The van der Waals surface area contributed by atoms with Gasteiger partial charge in [0.2, 0.25) is 0 Å². The predicted molar refractivity (Wildman–Crippen MR) is 45.1 cm³/mol. The van der Waals surface area contributed by atoms with E-state index in [4.69, 9.17) is 4.74 Å². The Kier molecular flexibility index (Phi) is 1.89. The number of ether oxygens (including phenoxy) is 1. The molecule has 0 aromatic rings. The molecule has 1 aliphatic heterocycles. The first kappa shape index (κ1) is 7.20. The van der Waals surface area contributed by atoms with E-state index in [9.17, 15) is 0 Å². The van der Waals surface area contributed by atoms with Crippen molar-refractivity contribution in [2.24, 2.45) is 11.8 Å². The first-order valence-corrected chi connectivity index (χ1v) is 4.68. The minimum absolute atomic E-state index is 0.521. The molecule has 1 aliphatic carbocycles. The van der Waals surface area contributed by atoms with Gasteiger partial charge in [-0.3, -0.25) is 0 Å². The fourth-order valence-corrected chi connectivity index (χ4v) is 1.87. The first-order valence-electron chi connectivity index (χ1n) is 4.68. The Balaban J connectivity index is 1.87. The quantitative estimate of drug-likeness (QED) is 0.591. The lowest BCUT2D eigenvalue weighted by Crippen LogP contribution is -2.22. The number of rotatable bonds is 2. The van der Waals surface area contributed by atoms with Crippen LogP contribution in [0, 0.1) is 11.8 Å². The van der Waals surface area contributed by atoms with Gasteiger partial charge in [-0.05, 0) is 43.6 Å². The second kappa shape index (κ2) is 2.88. The second-order valence-electron chi connectivity index (χ2n) is 3.82. The summed E-state index contributed by atoms with van der Waals surface area (Å²) in [7, 11) is 0. The van der Waals surface area contributed by atoms with Crippen molar-refractivity contribution in [3.8, 4) is 0 Å². The molecule has 0 bridgehead atoms. The molecule has 2 atom stereocenters. The number of hydrogen-bond acceptors (Lipinski definition) is 1. The van der Waals surface area contributed by atoms with Gasteiger partial charge in [-0.25, -0.2) is 0 Å². The lowest BCUT2D eigenvalue weighted by molar-refractivity contribution is 0.0666. The van der Waals surface area contributed by atoms with Gasteiger partial charge in [0.1, 0.15) is 6.10 Å². The van der Waals surface area contributed by atoms with E-state index in [2.05, 4.69) is 13.0 Å². The van der Waals surface area contributed by atoms with E-state index in [1.54, 1.807) is 0 Å². The van der Waals surface area contributed by atoms with E-state index in [0.717, 1.165) is 11.8 Å². The molecule has 0 amide bonds. The summed E-state index contributed by atoms with van der Waals surface area (Å²) in [6.07, 6.45) is 9.83. The molecular formula is C10H16O. The summed E-state index contributed by atoms with van der Waals surface area (Å²) in [5.41, 5.74) is 0. The zero-order chi connectivity index (χ0) is 7.68. The van der Waals surface area contributed by atoms with Crippen LogP contribution in [0.1, 0.15) is 32.6 Å². The van der Waals surface area contributed by atoms with Crippen LogP contribution in [0.25, 0.3) is 0 Å². The molecule has 1 heterocycles. The summed E-state index contributed by atoms with van der Waals surface area (Å²) in [5.74, 6) is 1.77. The highest BCUT2D eigenvalue weighted by molar-refractivity contribution is 4.89. The summed E-state index contributed by atoms with van der Waals surface area (Å²) >= 11 is 0. The minimum atomic E-state index is 0.521. The van der Waals surface area contributed by atoms with Crippen LogP contribution in [-0.2, 0) is 4.74 Å². The van der Waals surface area contributed by atoms with Gasteiger partial charge >= 0.3 is 0 Å². The molecule has 0 radical (unpaired) electrons. The zero-order valence-electron chi connectivity index (χ0n) is 7.12. The van der Waals surface area contributed by atoms with Crippen molar-refractivity contribution in [3.63, 3.8) is 0 Å². The molecule has 11 heavy (non-hydrogen) atoms. The first-order chi connectivity index (χ1) is 5.38. The van der Waals surface area contributed by atoms with Crippen molar-refractivity contribution >= 4 is 0 Å². The number of hydrogen-bond donors (Lipinski definition) is 0. The molecule has 1 heteroatoms. The molecular weight excluding hydrogens is 136 g/mol. The van der Waals surface area contributed by atoms with E-state index in [-0.39, 0.29) is 0 Å². The van der Waals surface area contributed by atoms with Crippen LogP contribution in [0.5, 0.6) is 0 Å². The van der Waals surface area contributed by atoms with Crippen LogP contribution in [-0.4, -0.2) is 6.10 Å². The lowest BCUT2D eigenvalue weighted by atomic mass is 9.95. The summed E-state index contributed by atoms with van der Waals surface area (Å²) in [6.45, 7) is 2.33. The topological polar surface area (TPSA) is 9.23 Å². The van der Waals surface area contributed by atoms with Gasteiger partial charge in [-0.2, -0.15) is 0 Å². The van der Waals surface area contributed by atoms with Crippen LogP contribution in [0.3, 0.4) is 0 Å². The Bertz CT molecular complexity index is 158. The zero-order valence-corrected chi connectivity index (χ0v) is 7.12. The van der Waals surface area contributed by atoms with Crippen molar-refractivity contribution in [1.29, 1.82) is 0 Å². The van der Waals surface area contributed by atoms with Crippen LogP contribution in [0.2, 0.25) is 0 Å². The molecule has 1 nitrogen and oxygen atoms in total. The largest absolute Gasteiger partial charge is 0.498 e. The highest BCUT2D eigenvalue weighted by atomic mass is 16.5.